The van der Waals surface area contributed by atoms with Gasteiger partial charge in [0.25, 0.3) is 0 Å². The number of benzene rings is 1. The van der Waals surface area contributed by atoms with E-state index in [0.29, 0.717) is 18.1 Å². The van der Waals surface area contributed by atoms with Crippen molar-refractivity contribution in [1.29, 1.82) is 0 Å². The number of rotatable bonds is 4. The van der Waals surface area contributed by atoms with E-state index in [-0.39, 0.29) is 6.61 Å². The number of phenolic OH excluding ortho intramolecular Hbond substituents is 1. The van der Waals surface area contributed by atoms with Crippen LogP contribution in [-0.2, 0) is 6.42 Å². The van der Waals surface area contributed by atoms with E-state index in [1.807, 2.05) is 18.2 Å². The molecule has 0 amide bonds. The van der Waals surface area contributed by atoms with Crippen LogP contribution >= 0.6 is 0 Å². The van der Waals surface area contributed by atoms with Gasteiger partial charge in [0, 0.05) is 6.61 Å². The lowest BCUT2D eigenvalue weighted by atomic mass is 9.99. The van der Waals surface area contributed by atoms with Gasteiger partial charge in [0.2, 0.25) is 0 Å². The van der Waals surface area contributed by atoms with Gasteiger partial charge < -0.3 is 10.2 Å². The molecule has 2 heteroatoms. The highest BCUT2D eigenvalue weighted by Gasteiger charge is 2.04. The third-order valence-electron chi connectivity index (χ3n) is 2.38. The minimum atomic E-state index is 0.172. The molecule has 0 saturated heterocycles. The maximum Gasteiger partial charge on any atom is 0.119 e. The van der Waals surface area contributed by atoms with Gasteiger partial charge in [0.05, 0.1) is 0 Å². The maximum atomic E-state index is 9.69. The molecular formula is C12H18O2. The molecule has 0 aliphatic rings. The van der Waals surface area contributed by atoms with Gasteiger partial charge >= 0.3 is 0 Å². The lowest BCUT2D eigenvalue weighted by molar-refractivity contribution is 0.288. The van der Waals surface area contributed by atoms with Gasteiger partial charge in [-0.15, -0.1) is 0 Å². The molecule has 1 aromatic rings. The smallest absolute Gasteiger partial charge is 0.119 e. The fourth-order valence-electron chi connectivity index (χ4n) is 1.42. The van der Waals surface area contributed by atoms with Crippen LogP contribution in [0.1, 0.15) is 37.3 Å². The van der Waals surface area contributed by atoms with Crippen LogP contribution in [0.4, 0.5) is 0 Å². The SMILES string of the molecule is CC(C)c1ccc(CCCO)c(O)c1. The molecule has 1 aromatic carbocycles. The quantitative estimate of drug-likeness (QED) is 0.773. The van der Waals surface area contributed by atoms with Crippen LogP contribution in [0.25, 0.3) is 0 Å². The topological polar surface area (TPSA) is 40.5 Å². The minimum Gasteiger partial charge on any atom is -0.508 e. The fourth-order valence-corrected chi connectivity index (χ4v) is 1.42. The maximum absolute atomic E-state index is 9.69. The first-order valence-corrected chi connectivity index (χ1v) is 5.07. The normalized spacial score (nSPS) is 10.9. The molecule has 2 N–H and O–H groups in total. The summed E-state index contributed by atoms with van der Waals surface area (Å²) in [4.78, 5) is 0. The van der Waals surface area contributed by atoms with Gasteiger partial charge in [0.1, 0.15) is 5.75 Å². The molecule has 0 fully saturated rings. The van der Waals surface area contributed by atoms with Crippen LogP contribution in [-0.4, -0.2) is 16.8 Å². The van der Waals surface area contributed by atoms with Gasteiger partial charge in [-0.05, 0) is 36.0 Å². The summed E-state index contributed by atoms with van der Waals surface area (Å²) in [6.07, 6.45) is 1.44. The Morgan fingerprint density at radius 3 is 2.50 bits per heavy atom. The van der Waals surface area contributed by atoms with Crippen LogP contribution in [0.5, 0.6) is 5.75 Å². The van der Waals surface area contributed by atoms with Crippen molar-refractivity contribution in [2.75, 3.05) is 6.61 Å². The third kappa shape index (κ3) is 2.74. The summed E-state index contributed by atoms with van der Waals surface area (Å²) >= 11 is 0. The van der Waals surface area contributed by atoms with Crippen LogP contribution in [0.15, 0.2) is 18.2 Å². The van der Waals surface area contributed by atoms with E-state index in [1.54, 1.807) is 0 Å². The zero-order valence-electron chi connectivity index (χ0n) is 8.83. The average molecular weight is 194 g/mol. The van der Waals surface area contributed by atoms with Crippen molar-refractivity contribution < 1.29 is 10.2 Å². The lowest BCUT2D eigenvalue weighted by Gasteiger charge is -2.09. The van der Waals surface area contributed by atoms with Crippen molar-refractivity contribution in [1.82, 2.24) is 0 Å². The predicted octanol–water partition coefficient (Wildman–Crippen LogP) is 2.44. The van der Waals surface area contributed by atoms with Crippen molar-refractivity contribution in [2.24, 2.45) is 0 Å². The Labute approximate surface area is 85.2 Å². The van der Waals surface area contributed by atoms with E-state index in [9.17, 15) is 5.11 Å². The summed E-state index contributed by atoms with van der Waals surface area (Å²) in [5, 5.41) is 18.4. The summed E-state index contributed by atoms with van der Waals surface area (Å²) in [5.74, 6) is 0.789. The minimum absolute atomic E-state index is 0.172. The zero-order chi connectivity index (χ0) is 10.6. The van der Waals surface area contributed by atoms with Gasteiger partial charge in [-0.3, -0.25) is 0 Å². The van der Waals surface area contributed by atoms with E-state index < -0.39 is 0 Å². The summed E-state index contributed by atoms with van der Waals surface area (Å²) < 4.78 is 0. The molecule has 0 aliphatic carbocycles. The molecular weight excluding hydrogens is 176 g/mol. The molecule has 0 spiro atoms. The molecule has 2 nitrogen and oxygen atoms in total. The van der Waals surface area contributed by atoms with Crippen molar-refractivity contribution in [2.45, 2.75) is 32.6 Å². The molecule has 78 valence electrons. The largest absolute Gasteiger partial charge is 0.508 e. The number of hydrogen-bond donors (Lipinski definition) is 2. The molecule has 0 bridgehead atoms. The van der Waals surface area contributed by atoms with Crippen molar-refractivity contribution >= 4 is 0 Å². The molecule has 0 aliphatic heterocycles. The van der Waals surface area contributed by atoms with Crippen LogP contribution in [0.2, 0.25) is 0 Å². The Balaban J connectivity index is 2.79. The number of phenols is 1. The second-order valence-corrected chi connectivity index (χ2v) is 3.87. The summed E-state index contributed by atoms with van der Waals surface area (Å²) in [5.41, 5.74) is 2.07. The van der Waals surface area contributed by atoms with Gasteiger partial charge in [0.15, 0.2) is 0 Å². The number of aliphatic hydroxyl groups is 1. The molecule has 0 unspecified atom stereocenters. The highest BCUT2D eigenvalue weighted by atomic mass is 16.3. The first-order valence-electron chi connectivity index (χ1n) is 5.07. The highest BCUT2D eigenvalue weighted by Crippen LogP contribution is 2.24. The predicted molar refractivity (Wildman–Crippen MR) is 57.6 cm³/mol. The zero-order valence-corrected chi connectivity index (χ0v) is 8.83. The Bertz CT molecular complexity index is 292. The first kappa shape index (κ1) is 11.1. The molecule has 0 radical (unpaired) electrons. The summed E-state index contributed by atoms with van der Waals surface area (Å²) in [6.45, 7) is 4.37. The number of aryl methyl sites for hydroxylation is 1. The van der Waals surface area contributed by atoms with Gasteiger partial charge in [-0.2, -0.15) is 0 Å². The Morgan fingerprint density at radius 1 is 1.29 bits per heavy atom. The monoisotopic (exact) mass is 194 g/mol. The standard InChI is InChI=1S/C12H18O2/c1-9(2)11-6-5-10(4-3-7-13)12(14)8-11/h5-6,8-9,13-14H,3-4,7H2,1-2H3. The van der Waals surface area contributed by atoms with Gasteiger partial charge in [-0.1, -0.05) is 26.0 Å². The Morgan fingerprint density at radius 2 is 2.00 bits per heavy atom. The van der Waals surface area contributed by atoms with Crippen molar-refractivity contribution in [3.8, 4) is 5.75 Å². The molecule has 0 atom stereocenters. The molecule has 14 heavy (non-hydrogen) atoms. The van der Waals surface area contributed by atoms with Crippen LogP contribution in [0.3, 0.4) is 0 Å². The Kier molecular flexibility index (Phi) is 3.96. The fraction of sp³-hybridized carbons (Fsp3) is 0.500. The number of hydrogen-bond acceptors (Lipinski definition) is 2. The van der Waals surface area contributed by atoms with Crippen LogP contribution in [0, 0.1) is 0 Å². The Hall–Kier alpha value is -1.02. The average Bonchev–Trinajstić information content (AvgIpc) is 2.15. The van der Waals surface area contributed by atoms with Gasteiger partial charge in [-0.25, -0.2) is 0 Å². The van der Waals surface area contributed by atoms with E-state index >= 15 is 0 Å². The highest BCUT2D eigenvalue weighted by molar-refractivity contribution is 5.37. The first-order chi connectivity index (χ1) is 6.65. The van der Waals surface area contributed by atoms with E-state index in [4.69, 9.17) is 5.11 Å². The molecule has 1 rings (SSSR count). The van der Waals surface area contributed by atoms with Crippen LogP contribution < -0.4 is 0 Å². The second kappa shape index (κ2) is 5.01. The van der Waals surface area contributed by atoms with Crippen molar-refractivity contribution in [3.05, 3.63) is 29.3 Å². The summed E-state index contributed by atoms with van der Waals surface area (Å²) in [7, 11) is 0. The number of aromatic hydroxyl groups is 1. The van der Waals surface area contributed by atoms with E-state index in [1.165, 1.54) is 0 Å². The molecule has 0 heterocycles. The van der Waals surface area contributed by atoms with Crippen molar-refractivity contribution in [3.63, 3.8) is 0 Å². The third-order valence-corrected chi connectivity index (χ3v) is 2.38. The molecule has 0 saturated carbocycles. The number of aliphatic hydroxyl groups excluding tert-OH is 1. The summed E-state index contributed by atoms with van der Waals surface area (Å²) in [6, 6.07) is 5.80. The lowest BCUT2D eigenvalue weighted by Crippen LogP contribution is -1.93. The molecule has 0 aromatic heterocycles. The van der Waals surface area contributed by atoms with E-state index in [0.717, 1.165) is 17.5 Å². The second-order valence-electron chi connectivity index (χ2n) is 3.87. The van der Waals surface area contributed by atoms with E-state index in [2.05, 4.69) is 13.8 Å².